The van der Waals surface area contributed by atoms with E-state index in [9.17, 15) is 9.59 Å². The maximum absolute atomic E-state index is 12.9. The third-order valence-electron chi connectivity index (χ3n) is 5.14. The van der Waals surface area contributed by atoms with Crippen molar-refractivity contribution in [3.8, 4) is 0 Å². The monoisotopic (exact) mass is 431 g/mol. The van der Waals surface area contributed by atoms with Crippen LogP contribution in [0.15, 0.2) is 77.7 Å². The van der Waals surface area contributed by atoms with Gasteiger partial charge in [-0.15, -0.1) is 11.8 Å². The van der Waals surface area contributed by atoms with Crippen LogP contribution < -0.4 is 15.5 Å². The summed E-state index contributed by atoms with van der Waals surface area (Å²) < 4.78 is 0. The van der Waals surface area contributed by atoms with Crippen LogP contribution in [0.5, 0.6) is 0 Å². The minimum Gasteiger partial charge on any atom is -0.348 e. The zero-order chi connectivity index (χ0) is 21.8. The van der Waals surface area contributed by atoms with Crippen LogP contribution in [0, 0.1) is 6.92 Å². The molecule has 6 heteroatoms. The predicted octanol–water partition coefficient (Wildman–Crippen LogP) is 5.46. The highest BCUT2D eigenvalue weighted by atomic mass is 32.2. The molecule has 1 atom stereocenters. The van der Waals surface area contributed by atoms with Crippen molar-refractivity contribution in [2.24, 2.45) is 0 Å². The number of urea groups is 1. The lowest BCUT2D eigenvalue weighted by molar-refractivity contribution is 0.0951. The molecule has 1 heterocycles. The van der Waals surface area contributed by atoms with Gasteiger partial charge in [0.15, 0.2) is 0 Å². The average molecular weight is 432 g/mol. The Hall–Kier alpha value is -3.25. The number of hydrogen-bond donors (Lipinski definition) is 2. The van der Waals surface area contributed by atoms with Gasteiger partial charge in [0.1, 0.15) is 0 Å². The zero-order valence-electron chi connectivity index (χ0n) is 17.6. The van der Waals surface area contributed by atoms with Gasteiger partial charge in [0.2, 0.25) is 0 Å². The quantitative estimate of drug-likeness (QED) is 0.577. The van der Waals surface area contributed by atoms with Gasteiger partial charge in [0, 0.05) is 34.5 Å². The van der Waals surface area contributed by atoms with Crippen LogP contribution in [0.3, 0.4) is 0 Å². The van der Waals surface area contributed by atoms with Gasteiger partial charge < -0.3 is 10.6 Å². The Morgan fingerprint density at radius 1 is 1.00 bits per heavy atom. The van der Waals surface area contributed by atoms with Gasteiger partial charge in [-0.1, -0.05) is 48.9 Å². The Morgan fingerprint density at radius 3 is 2.45 bits per heavy atom. The van der Waals surface area contributed by atoms with E-state index in [0.717, 1.165) is 16.1 Å². The second-order valence-corrected chi connectivity index (χ2v) is 9.16. The molecule has 0 bridgehead atoms. The third kappa shape index (κ3) is 5.09. The Labute approximate surface area is 186 Å². The molecule has 0 aromatic heterocycles. The molecule has 3 aromatic carbocycles. The first-order chi connectivity index (χ1) is 15.0. The van der Waals surface area contributed by atoms with Gasteiger partial charge in [-0.05, 0) is 48.9 Å². The first-order valence-corrected chi connectivity index (χ1v) is 11.2. The number of anilines is 2. The molecule has 0 saturated carbocycles. The minimum atomic E-state index is -0.170. The maximum atomic E-state index is 12.9. The number of fused-ring (bicyclic) bond motifs is 1. The molecule has 1 aliphatic rings. The number of nitrogens with zero attached hydrogens (tertiary/aromatic N) is 1. The van der Waals surface area contributed by atoms with Gasteiger partial charge in [-0.3, -0.25) is 9.69 Å². The highest BCUT2D eigenvalue weighted by molar-refractivity contribution is 8.00. The highest BCUT2D eigenvalue weighted by Gasteiger charge is 2.26. The molecule has 1 unspecified atom stereocenters. The smallest absolute Gasteiger partial charge is 0.326 e. The lowest BCUT2D eigenvalue weighted by Crippen LogP contribution is -2.41. The Balaban J connectivity index is 1.38. The number of hydrogen-bond acceptors (Lipinski definition) is 3. The molecule has 0 aliphatic carbocycles. The fourth-order valence-electron chi connectivity index (χ4n) is 3.47. The SMILES string of the molecule is Cc1ccc(CNC(=O)c2ccc(NC(=O)N3CC(C)Sc4ccccc43)cc2)cc1. The first-order valence-electron chi connectivity index (χ1n) is 10.3. The van der Waals surface area contributed by atoms with E-state index in [1.165, 1.54) is 5.56 Å². The largest absolute Gasteiger partial charge is 0.348 e. The summed E-state index contributed by atoms with van der Waals surface area (Å²) in [6.45, 7) is 5.27. The van der Waals surface area contributed by atoms with Crippen molar-refractivity contribution in [2.75, 3.05) is 16.8 Å². The molecule has 3 amide bonds. The van der Waals surface area contributed by atoms with Crippen molar-refractivity contribution in [2.45, 2.75) is 30.5 Å². The Bertz CT molecular complexity index is 1080. The van der Waals surface area contributed by atoms with Gasteiger partial charge >= 0.3 is 6.03 Å². The van der Waals surface area contributed by atoms with E-state index in [1.54, 1.807) is 40.9 Å². The number of para-hydroxylation sites is 1. The topological polar surface area (TPSA) is 61.4 Å². The summed E-state index contributed by atoms with van der Waals surface area (Å²) in [6, 6.07) is 22.8. The van der Waals surface area contributed by atoms with Gasteiger partial charge in [-0.2, -0.15) is 0 Å². The highest BCUT2D eigenvalue weighted by Crippen LogP contribution is 2.38. The van der Waals surface area contributed by atoms with E-state index in [4.69, 9.17) is 0 Å². The normalized spacial score (nSPS) is 15.2. The zero-order valence-corrected chi connectivity index (χ0v) is 18.4. The standard InChI is InChI=1S/C25H25N3O2S/c1-17-7-9-19(10-8-17)15-26-24(29)20-11-13-21(14-12-20)27-25(30)28-16-18(2)31-23-6-4-3-5-22(23)28/h3-14,18H,15-16H2,1-2H3,(H,26,29)(H,27,30). The molecule has 3 aromatic rings. The van der Waals surface area contributed by atoms with Gasteiger partial charge in [0.05, 0.1) is 5.69 Å². The molecule has 0 saturated heterocycles. The van der Waals surface area contributed by atoms with Crippen LogP contribution in [0.4, 0.5) is 16.2 Å². The molecular formula is C25H25N3O2S. The summed E-state index contributed by atoms with van der Waals surface area (Å²) in [4.78, 5) is 28.2. The molecule has 0 radical (unpaired) electrons. The van der Waals surface area contributed by atoms with Crippen LogP contribution >= 0.6 is 11.8 Å². The molecule has 2 N–H and O–H groups in total. The number of nitrogens with one attached hydrogen (secondary N) is 2. The summed E-state index contributed by atoms with van der Waals surface area (Å²) in [5, 5.41) is 6.19. The Kier molecular flexibility index (Phi) is 6.28. The minimum absolute atomic E-state index is 0.144. The van der Waals surface area contributed by atoms with E-state index in [0.29, 0.717) is 29.6 Å². The van der Waals surface area contributed by atoms with Crippen LogP contribution in [-0.4, -0.2) is 23.7 Å². The number of aryl methyl sites for hydroxylation is 1. The summed E-state index contributed by atoms with van der Waals surface area (Å²) in [6.07, 6.45) is 0. The van der Waals surface area contributed by atoms with E-state index in [1.807, 2.05) is 55.5 Å². The second-order valence-electron chi connectivity index (χ2n) is 7.68. The van der Waals surface area contributed by atoms with Crippen LogP contribution in [0.25, 0.3) is 0 Å². The van der Waals surface area contributed by atoms with E-state index >= 15 is 0 Å². The molecule has 31 heavy (non-hydrogen) atoms. The summed E-state index contributed by atoms with van der Waals surface area (Å²) >= 11 is 1.78. The molecule has 0 fully saturated rings. The van der Waals surface area contributed by atoms with Crippen LogP contribution in [-0.2, 0) is 6.54 Å². The summed E-state index contributed by atoms with van der Waals surface area (Å²) in [5.41, 5.74) is 4.38. The fourth-order valence-corrected chi connectivity index (χ4v) is 4.58. The molecule has 1 aliphatic heterocycles. The lowest BCUT2D eigenvalue weighted by atomic mass is 10.1. The van der Waals surface area contributed by atoms with Gasteiger partial charge in [0.25, 0.3) is 5.91 Å². The van der Waals surface area contributed by atoms with Crippen LogP contribution in [0.2, 0.25) is 0 Å². The maximum Gasteiger partial charge on any atom is 0.326 e. The number of benzene rings is 3. The second kappa shape index (κ2) is 9.27. The lowest BCUT2D eigenvalue weighted by Gasteiger charge is -2.32. The van der Waals surface area contributed by atoms with E-state index < -0.39 is 0 Å². The summed E-state index contributed by atoms with van der Waals surface area (Å²) in [7, 11) is 0. The molecule has 4 rings (SSSR count). The number of carbonyl (C=O) groups is 2. The number of amides is 3. The van der Waals surface area contributed by atoms with Gasteiger partial charge in [-0.25, -0.2) is 4.79 Å². The molecule has 0 spiro atoms. The number of carbonyl (C=O) groups excluding carboxylic acids is 2. The fraction of sp³-hybridized carbons (Fsp3) is 0.200. The predicted molar refractivity (Wildman–Crippen MR) is 127 cm³/mol. The van der Waals surface area contributed by atoms with E-state index in [-0.39, 0.29) is 11.9 Å². The van der Waals surface area contributed by atoms with Crippen molar-refractivity contribution >= 4 is 35.1 Å². The van der Waals surface area contributed by atoms with E-state index in [2.05, 4.69) is 17.6 Å². The molecule has 158 valence electrons. The third-order valence-corrected chi connectivity index (χ3v) is 6.29. The van der Waals surface area contributed by atoms with Crippen molar-refractivity contribution in [3.05, 3.63) is 89.5 Å². The van der Waals surface area contributed by atoms with Crippen molar-refractivity contribution in [3.63, 3.8) is 0 Å². The van der Waals surface area contributed by atoms with Crippen molar-refractivity contribution < 1.29 is 9.59 Å². The molecular weight excluding hydrogens is 406 g/mol. The summed E-state index contributed by atoms with van der Waals surface area (Å²) in [5.74, 6) is -0.144. The van der Waals surface area contributed by atoms with Crippen molar-refractivity contribution in [1.29, 1.82) is 0 Å². The van der Waals surface area contributed by atoms with Crippen LogP contribution in [0.1, 0.15) is 28.4 Å². The van der Waals surface area contributed by atoms with Crippen molar-refractivity contribution in [1.82, 2.24) is 5.32 Å². The first kappa shape index (κ1) is 21.0. The average Bonchev–Trinajstić information content (AvgIpc) is 2.78. The number of rotatable bonds is 4. The Morgan fingerprint density at radius 2 is 1.71 bits per heavy atom. The molecule has 5 nitrogen and oxygen atoms in total. The number of thioether (sulfide) groups is 1.